The van der Waals surface area contributed by atoms with Gasteiger partial charge in [-0.2, -0.15) is 0 Å². The third-order valence-corrected chi connectivity index (χ3v) is 4.80. The number of nitrogens with one attached hydrogen (secondary N) is 1. The maximum absolute atomic E-state index is 12.4. The molecule has 0 atom stereocenters. The Bertz CT molecular complexity index is 963. The van der Waals surface area contributed by atoms with Gasteiger partial charge in [0.2, 0.25) is 11.8 Å². The maximum Gasteiger partial charge on any atom is 0.409 e. The van der Waals surface area contributed by atoms with Crippen LogP contribution >= 0.6 is 0 Å². The largest absolute Gasteiger partial charge is 0.450 e. The highest BCUT2D eigenvalue weighted by Crippen LogP contribution is 2.08. The minimum atomic E-state index is -0.416. The number of pyridine rings is 1. The summed E-state index contributed by atoms with van der Waals surface area (Å²) in [6.45, 7) is 3.30. The lowest BCUT2D eigenvalue weighted by molar-refractivity contribution is -0.134. The first-order valence-electron chi connectivity index (χ1n) is 9.54. The van der Waals surface area contributed by atoms with E-state index in [-0.39, 0.29) is 30.6 Å². The third-order valence-electron chi connectivity index (χ3n) is 4.80. The van der Waals surface area contributed by atoms with Crippen molar-refractivity contribution in [2.45, 2.75) is 13.5 Å². The fraction of sp³-hybridized carbons (Fsp3) is 0.400. The molecule has 1 aliphatic heterocycles. The Hall–Kier alpha value is -3.36. The summed E-state index contributed by atoms with van der Waals surface area (Å²) in [6.07, 6.45) is 1.19. The zero-order valence-corrected chi connectivity index (χ0v) is 16.3. The van der Waals surface area contributed by atoms with E-state index in [1.54, 1.807) is 41.1 Å². The number of nitrogens with zero attached hydrogens (tertiary/aromatic N) is 3. The van der Waals surface area contributed by atoms with Gasteiger partial charge in [0.25, 0.3) is 5.56 Å². The molecule has 1 saturated heterocycles. The number of rotatable bonds is 5. The van der Waals surface area contributed by atoms with Crippen molar-refractivity contribution in [3.8, 4) is 0 Å². The second-order valence-corrected chi connectivity index (χ2v) is 6.68. The first-order chi connectivity index (χ1) is 14.0. The van der Waals surface area contributed by atoms with E-state index in [1.807, 2.05) is 12.1 Å². The van der Waals surface area contributed by atoms with Crippen molar-refractivity contribution in [1.82, 2.24) is 19.7 Å². The molecule has 0 unspecified atom stereocenters. The molecule has 2 heterocycles. The highest BCUT2D eigenvalue weighted by molar-refractivity contribution is 5.85. The molecule has 9 heteroatoms. The molecule has 9 nitrogen and oxygen atoms in total. The normalized spacial score (nSPS) is 14.0. The molecule has 1 aromatic carbocycles. The van der Waals surface area contributed by atoms with Gasteiger partial charge in [0.15, 0.2) is 0 Å². The standard InChI is InChI=1S/C20H24N4O5/c1-2-29-20(28)23-11-9-22(10-12-23)18(26)13-21-17(25)14-24-8-7-15-5-3-4-6-16(15)19(24)27/h3-8H,2,9-14H2,1H3,(H,21,25). The smallest absolute Gasteiger partial charge is 0.409 e. The van der Waals surface area contributed by atoms with Crippen LogP contribution in [0.15, 0.2) is 41.3 Å². The molecule has 29 heavy (non-hydrogen) atoms. The average Bonchev–Trinajstić information content (AvgIpc) is 2.74. The van der Waals surface area contributed by atoms with Crippen LogP contribution in [0.4, 0.5) is 4.79 Å². The lowest BCUT2D eigenvalue weighted by Gasteiger charge is -2.34. The van der Waals surface area contributed by atoms with Crippen molar-refractivity contribution in [2.24, 2.45) is 0 Å². The van der Waals surface area contributed by atoms with Crippen molar-refractivity contribution < 1.29 is 19.1 Å². The van der Waals surface area contributed by atoms with E-state index in [1.165, 1.54) is 4.57 Å². The van der Waals surface area contributed by atoms with E-state index >= 15 is 0 Å². The number of carbonyl (C=O) groups is 3. The van der Waals surface area contributed by atoms with E-state index in [2.05, 4.69) is 5.32 Å². The molecule has 3 amide bonds. The van der Waals surface area contributed by atoms with Crippen molar-refractivity contribution in [3.63, 3.8) is 0 Å². The van der Waals surface area contributed by atoms with Crippen LogP contribution in [0.3, 0.4) is 0 Å². The molecule has 1 N–H and O–H groups in total. The summed E-state index contributed by atoms with van der Waals surface area (Å²) in [5.41, 5.74) is -0.250. The van der Waals surface area contributed by atoms with Crippen LogP contribution in [0.25, 0.3) is 10.8 Å². The van der Waals surface area contributed by atoms with Crippen LogP contribution in [0.1, 0.15) is 6.92 Å². The van der Waals surface area contributed by atoms with Gasteiger partial charge in [-0.3, -0.25) is 14.4 Å². The van der Waals surface area contributed by atoms with Gasteiger partial charge in [-0.15, -0.1) is 0 Å². The number of benzene rings is 1. The van der Waals surface area contributed by atoms with Gasteiger partial charge < -0.3 is 24.4 Å². The monoisotopic (exact) mass is 400 g/mol. The average molecular weight is 400 g/mol. The van der Waals surface area contributed by atoms with E-state index in [9.17, 15) is 19.2 Å². The first-order valence-corrected chi connectivity index (χ1v) is 9.54. The first kappa shape index (κ1) is 20.4. The van der Waals surface area contributed by atoms with E-state index in [0.717, 1.165) is 5.39 Å². The Balaban J connectivity index is 1.49. The maximum atomic E-state index is 12.4. The molecule has 2 aromatic rings. The highest BCUT2D eigenvalue weighted by atomic mass is 16.6. The topological polar surface area (TPSA) is 101 Å². The highest BCUT2D eigenvalue weighted by Gasteiger charge is 2.24. The molecule has 1 aliphatic rings. The zero-order valence-electron chi connectivity index (χ0n) is 16.3. The molecule has 0 spiro atoms. The van der Waals surface area contributed by atoms with E-state index in [4.69, 9.17) is 4.74 Å². The van der Waals surface area contributed by atoms with Crippen LogP contribution in [-0.2, 0) is 20.9 Å². The van der Waals surface area contributed by atoms with Gasteiger partial charge in [-0.1, -0.05) is 18.2 Å². The second-order valence-electron chi connectivity index (χ2n) is 6.68. The number of amides is 3. The van der Waals surface area contributed by atoms with Crippen molar-refractivity contribution >= 4 is 28.7 Å². The number of ether oxygens (including phenoxy) is 1. The third kappa shape index (κ3) is 4.92. The molecule has 3 rings (SSSR count). The van der Waals surface area contributed by atoms with Crippen LogP contribution in [0, 0.1) is 0 Å². The lowest BCUT2D eigenvalue weighted by atomic mass is 10.2. The van der Waals surface area contributed by atoms with Crippen molar-refractivity contribution in [3.05, 3.63) is 46.9 Å². The Labute approximate surface area is 167 Å². The fourth-order valence-corrected chi connectivity index (χ4v) is 3.20. The van der Waals surface area contributed by atoms with Crippen molar-refractivity contribution in [1.29, 1.82) is 0 Å². The Morgan fingerprint density at radius 2 is 1.72 bits per heavy atom. The van der Waals surface area contributed by atoms with Crippen LogP contribution in [0.2, 0.25) is 0 Å². The fourth-order valence-electron chi connectivity index (χ4n) is 3.20. The van der Waals surface area contributed by atoms with Gasteiger partial charge in [-0.25, -0.2) is 4.79 Å². The Kier molecular flexibility index (Phi) is 6.48. The van der Waals surface area contributed by atoms with Crippen LogP contribution in [-0.4, -0.2) is 71.6 Å². The quantitative estimate of drug-likeness (QED) is 0.784. The minimum absolute atomic E-state index is 0.152. The van der Waals surface area contributed by atoms with E-state index in [0.29, 0.717) is 38.2 Å². The molecule has 0 radical (unpaired) electrons. The second kappa shape index (κ2) is 9.22. The van der Waals surface area contributed by atoms with Crippen LogP contribution in [0.5, 0.6) is 0 Å². The Morgan fingerprint density at radius 3 is 2.45 bits per heavy atom. The van der Waals surface area contributed by atoms with Gasteiger partial charge in [0, 0.05) is 37.8 Å². The molecule has 1 aromatic heterocycles. The molecule has 0 bridgehead atoms. The Morgan fingerprint density at radius 1 is 1.03 bits per heavy atom. The molecular formula is C20H24N4O5. The summed E-state index contributed by atoms with van der Waals surface area (Å²) < 4.78 is 6.27. The number of aromatic nitrogens is 1. The van der Waals surface area contributed by atoms with Gasteiger partial charge in [0.1, 0.15) is 6.54 Å². The van der Waals surface area contributed by atoms with E-state index < -0.39 is 5.91 Å². The summed E-state index contributed by atoms with van der Waals surface area (Å²) in [5.74, 6) is -0.645. The summed E-state index contributed by atoms with van der Waals surface area (Å²) in [4.78, 5) is 51.8. The molecule has 0 saturated carbocycles. The molecule has 154 valence electrons. The van der Waals surface area contributed by atoms with Crippen molar-refractivity contribution in [2.75, 3.05) is 39.3 Å². The molecular weight excluding hydrogens is 376 g/mol. The van der Waals surface area contributed by atoms with Crippen LogP contribution < -0.4 is 10.9 Å². The molecule has 1 fully saturated rings. The van der Waals surface area contributed by atoms with Gasteiger partial charge in [-0.05, 0) is 24.4 Å². The predicted octanol–water partition coefficient (Wildman–Crippen LogP) is 0.418. The van der Waals surface area contributed by atoms with Gasteiger partial charge in [0.05, 0.1) is 13.2 Å². The predicted molar refractivity (Wildman–Crippen MR) is 106 cm³/mol. The number of hydrogen-bond donors (Lipinski definition) is 1. The molecule has 0 aliphatic carbocycles. The number of hydrogen-bond acceptors (Lipinski definition) is 5. The summed E-state index contributed by atoms with van der Waals surface area (Å²) in [5, 5.41) is 3.91. The number of fused-ring (bicyclic) bond motifs is 1. The summed E-state index contributed by atoms with van der Waals surface area (Å²) >= 11 is 0. The number of piperazine rings is 1. The zero-order chi connectivity index (χ0) is 20.8. The summed E-state index contributed by atoms with van der Waals surface area (Å²) in [7, 11) is 0. The van der Waals surface area contributed by atoms with Gasteiger partial charge >= 0.3 is 6.09 Å². The summed E-state index contributed by atoms with van der Waals surface area (Å²) in [6, 6.07) is 8.94. The lowest BCUT2D eigenvalue weighted by Crippen LogP contribution is -2.52. The SMILES string of the molecule is CCOC(=O)N1CCN(C(=O)CNC(=O)Cn2ccc3ccccc3c2=O)CC1. The number of carbonyl (C=O) groups excluding carboxylic acids is 3. The minimum Gasteiger partial charge on any atom is -0.450 e.